The summed E-state index contributed by atoms with van der Waals surface area (Å²) in [6.45, 7) is 3.52. The van der Waals surface area contributed by atoms with Crippen LogP contribution in [0.5, 0.6) is 5.75 Å². The van der Waals surface area contributed by atoms with Crippen LogP contribution in [0.3, 0.4) is 0 Å². The van der Waals surface area contributed by atoms with Gasteiger partial charge in [0.15, 0.2) is 5.92 Å². The van der Waals surface area contributed by atoms with Crippen LogP contribution in [-0.4, -0.2) is 35.9 Å². The van der Waals surface area contributed by atoms with Gasteiger partial charge in [0, 0.05) is 20.2 Å². The van der Waals surface area contributed by atoms with Crippen molar-refractivity contribution in [3.8, 4) is 11.8 Å². The van der Waals surface area contributed by atoms with Crippen LogP contribution >= 0.6 is 0 Å². The third-order valence-electron chi connectivity index (χ3n) is 2.71. The first-order valence-electron chi connectivity index (χ1n) is 6.34. The quantitative estimate of drug-likeness (QED) is 0.611. The first-order chi connectivity index (χ1) is 9.79. The Morgan fingerprint density at radius 1 is 1.43 bits per heavy atom. The summed E-state index contributed by atoms with van der Waals surface area (Å²) in [5.41, 5.74) is -0.299. The molecule has 0 aliphatic heterocycles. The van der Waals surface area contributed by atoms with E-state index in [0.717, 1.165) is 0 Å². The molecule has 0 fully saturated rings. The fraction of sp³-hybridized carbons (Fsp3) is 0.429. The summed E-state index contributed by atoms with van der Waals surface area (Å²) in [6, 6.07) is 6.08. The number of hydrogen-bond acceptors (Lipinski definition) is 5. The Balaban J connectivity index is 3.51. The first-order valence-corrected chi connectivity index (χ1v) is 6.34. The third-order valence-corrected chi connectivity index (χ3v) is 2.71. The van der Waals surface area contributed by atoms with E-state index in [1.807, 2.05) is 6.07 Å². The van der Waals surface area contributed by atoms with Crippen LogP contribution in [0.15, 0.2) is 18.2 Å². The molecule has 0 bridgehead atoms. The lowest BCUT2D eigenvalue weighted by molar-refractivity contribution is -0.385. The van der Waals surface area contributed by atoms with Crippen LogP contribution in [0.4, 0.5) is 5.69 Å². The molecule has 7 heteroatoms. The van der Waals surface area contributed by atoms with E-state index in [4.69, 9.17) is 4.74 Å². The van der Waals surface area contributed by atoms with Gasteiger partial charge in [-0.1, -0.05) is 6.07 Å². The monoisotopic (exact) mass is 291 g/mol. The molecule has 112 valence electrons. The molecular formula is C14H17N3O4. The first kappa shape index (κ1) is 16.4. The molecule has 0 spiro atoms. The van der Waals surface area contributed by atoms with E-state index >= 15 is 0 Å². The second-order valence-electron chi connectivity index (χ2n) is 4.91. The van der Waals surface area contributed by atoms with E-state index in [0.29, 0.717) is 0 Å². The molecule has 0 saturated carbocycles. The van der Waals surface area contributed by atoms with Crippen molar-refractivity contribution in [2.24, 2.45) is 0 Å². The largest absolute Gasteiger partial charge is 0.490 e. The molecule has 7 nitrogen and oxygen atoms in total. The molecule has 0 aliphatic rings. The van der Waals surface area contributed by atoms with Gasteiger partial charge in [0.05, 0.1) is 22.7 Å². The topological polar surface area (TPSA) is 96.5 Å². The highest BCUT2D eigenvalue weighted by Crippen LogP contribution is 2.36. The van der Waals surface area contributed by atoms with Gasteiger partial charge < -0.3 is 9.64 Å². The maximum Gasteiger partial charge on any atom is 0.278 e. The lowest BCUT2D eigenvalue weighted by Gasteiger charge is -2.19. The number of nitriles is 1. The van der Waals surface area contributed by atoms with Gasteiger partial charge in [0.2, 0.25) is 5.91 Å². The van der Waals surface area contributed by atoms with Gasteiger partial charge in [-0.15, -0.1) is 0 Å². The van der Waals surface area contributed by atoms with Gasteiger partial charge >= 0.3 is 0 Å². The van der Waals surface area contributed by atoms with Crippen LogP contribution in [0.1, 0.15) is 25.3 Å². The van der Waals surface area contributed by atoms with Crippen LogP contribution in [-0.2, 0) is 4.79 Å². The smallest absolute Gasteiger partial charge is 0.278 e. The highest BCUT2D eigenvalue weighted by molar-refractivity contribution is 5.88. The number of nitro benzene ring substituents is 1. The lowest BCUT2D eigenvalue weighted by Crippen LogP contribution is -2.28. The Bertz CT molecular complexity index is 590. The summed E-state index contributed by atoms with van der Waals surface area (Å²) in [5.74, 6) is -1.63. The van der Waals surface area contributed by atoms with Gasteiger partial charge in [0.25, 0.3) is 5.69 Å². The van der Waals surface area contributed by atoms with Crippen molar-refractivity contribution in [1.29, 1.82) is 5.26 Å². The van der Waals surface area contributed by atoms with E-state index in [1.54, 1.807) is 13.8 Å². The molecule has 0 aromatic heterocycles. The van der Waals surface area contributed by atoms with E-state index in [-0.39, 0.29) is 23.1 Å². The normalized spacial score (nSPS) is 11.6. The van der Waals surface area contributed by atoms with Crippen LogP contribution < -0.4 is 4.74 Å². The zero-order valence-corrected chi connectivity index (χ0v) is 12.4. The Kier molecular flexibility index (Phi) is 5.24. The predicted octanol–water partition coefficient (Wildman–Crippen LogP) is 2.08. The molecule has 1 unspecified atom stereocenters. The minimum atomic E-state index is -1.28. The standard InChI is InChI=1S/C14H17N3O4/c1-9(2)21-12-7-5-6-11(17(19)20)13(12)10(8-15)14(18)16(3)4/h5-7,9-10H,1-4H3. The third kappa shape index (κ3) is 3.69. The second-order valence-corrected chi connectivity index (χ2v) is 4.91. The summed E-state index contributed by atoms with van der Waals surface area (Å²) in [4.78, 5) is 23.9. The van der Waals surface area contributed by atoms with Crippen molar-refractivity contribution in [3.05, 3.63) is 33.9 Å². The Hall–Kier alpha value is -2.62. The predicted molar refractivity (Wildman–Crippen MR) is 75.9 cm³/mol. The second kappa shape index (κ2) is 6.70. The molecule has 0 heterocycles. The minimum Gasteiger partial charge on any atom is -0.490 e. The Morgan fingerprint density at radius 3 is 2.48 bits per heavy atom. The van der Waals surface area contributed by atoms with Gasteiger partial charge in [0.1, 0.15) is 5.75 Å². The number of ether oxygens (including phenoxy) is 1. The number of carbonyl (C=O) groups excluding carboxylic acids is 1. The molecule has 1 rings (SSSR count). The summed E-state index contributed by atoms with van der Waals surface area (Å²) in [5, 5.41) is 20.5. The zero-order valence-electron chi connectivity index (χ0n) is 12.4. The number of likely N-dealkylation sites (N-methyl/N-ethyl adjacent to an activating group) is 1. The molecule has 0 saturated heterocycles. The number of rotatable bonds is 5. The number of carbonyl (C=O) groups is 1. The number of nitro groups is 1. The molecule has 0 aliphatic carbocycles. The highest BCUT2D eigenvalue weighted by atomic mass is 16.6. The summed E-state index contributed by atoms with van der Waals surface area (Å²) >= 11 is 0. The van der Waals surface area contributed by atoms with Crippen molar-refractivity contribution >= 4 is 11.6 Å². The fourth-order valence-corrected chi connectivity index (χ4v) is 1.84. The van der Waals surface area contributed by atoms with Crippen molar-refractivity contribution in [1.82, 2.24) is 4.90 Å². The van der Waals surface area contributed by atoms with Crippen molar-refractivity contribution in [3.63, 3.8) is 0 Å². The van der Waals surface area contributed by atoms with Crippen LogP contribution in [0.25, 0.3) is 0 Å². The number of hydrogen-bond donors (Lipinski definition) is 0. The molecular weight excluding hydrogens is 274 g/mol. The van der Waals surface area contributed by atoms with Gasteiger partial charge in [-0.05, 0) is 19.9 Å². The maximum atomic E-state index is 12.1. The summed E-state index contributed by atoms with van der Waals surface area (Å²) < 4.78 is 5.52. The molecule has 21 heavy (non-hydrogen) atoms. The molecule has 1 aromatic rings. The number of amides is 1. The highest BCUT2D eigenvalue weighted by Gasteiger charge is 2.33. The Labute approximate surface area is 122 Å². The van der Waals surface area contributed by atoms with Crippen LogP contribution in [0, 0.1) is 21.4 Å². The fourth-order valence-electron chi connectivity index (χ4n) is 1.84. The van der Waals surface area contributed by atoms with E-state index in [9.17, 15) is 20.2 Å². The molecule has 0 N–H and O–H groups in total. The SMILES string of the molecule is CC(C)Oc1cccc([N+](=O)[O-])c1C(C#N)C(=O)N(C)C. The summed E-state index contributed by atoms with van der Waals surface area (Å²) in [7, 11) is 2.98. The van der Waals surface area contributed by atoms with E-state index in [1.165, 1.54) is 37.2 Å². The molecule has 1 aromatic carbocycles. The maximum absolute atomic E-state index is 12.1. The molecule has 1 atom stereocenters. The minimum absolute atomic E-state index is 0.00241. The molecule has 0 radical (unpaired) electrons. The van der Waals surface area contributed by atoms with Crippen molar-refractivity contribution in [2.75, 3.05) is 14.1 Å². The van der Waals surface area contributed by atoms with Crippen molar-refractivity contribution < 1.29 is 14.5 Å². The average molecular weight is 291 g/mol. The number of nitrogens with zero attached hydrogens (tertiary/aromatic N) is 3. The molecule has 1 amide bonds. The Morgan fingerprint density at radius 2 is 2.05 bits per heavy atom. The lowest BCUT2D eigenvalue weighted by atomic mass is 9.96. The van der Waals surface area contributed by atoms with Gasteiger partial charge in [-0.3, -0.25) is 14.9 Å². The van der Waals surface area contributed by atoms with Crippen molar-refractivity contribution in [2.45, 2.75) is 25.9 Å². The average Bonchev–Trinajstić information content (AvgIpc) is 2.39. The van der Waals surface area contributed by atoms with Crippen LogP contribution in [0.2, 0.25) is 0 Å². The van der Waals surface area contributed by atoms with Gasteiger partial charge in [-0.2, -0.15) is 5.26 Å². The number of benzene rings is 1. The summed E-state index contributed by atoms with van der Waals surface area (Å²) in [6.07, 6.45) is -0.237. The van der Waals surface area contributed by atoms with Gasteiger partial charge in [-0.25, -0.2) is 0 Å². The van der Waals surface area contributed by atoms with E-state index < -0.39 is 16.7 Å². The zero-order chi connectivity index (χ0) is 16.2. The van der Waals surface area contributed by atoms with E-state index in [2.05, 4.69) is 0 Å².